The number of likely N-dealkylation sites (tertiary alicyclic amines) is 1. The molecule has 1 aliphatic rings. The summed E-state index contributed by atoms with van der Waals surface area (Å²) in [5.74, 6) is -0.0342. The highest BCUT2D eigenvalue weighted by Crippen LogP contribution is 2.19. The van der Waals surface area contributed by atoms with Crippen LogP contribution < -0.4 is 5.56 Å². The van der Waals surface area contributed by atoms with Gasteiger partial charge in [0.15, 0.2) is 0 Å². The van der Waals surface area contributed by atoms with Crippen molar-refractivity contribution in [2.24, 2.45) is 0 Å². The first-order valence-electron chi connectivity index (χ1n) is 8.44. The number of carbonyl (C=O) groups excluding carboxylic acids is 1. The number of nitrogens with zero attached hydrogens (tertiary/aromatic N) is 5. The molecule has 0 N–H and O–H groups in total. The lowest BCUT2D eigenvalue weighted by molar-refractivity contribution is -0.132. The van der Waals surface area contributed by atoms with E-state index in [1.165, 1.54) is 10.8 Å². The molecule has 2 aromatic heterocycles. The van der Waals surface area contributed by atoms with Crippen molar-refractivity contribution in [3.63, 3.8) is 0 Å². The van der Waals surface area contributed by atoms with E-state index in [0.29, 0.717) is 17.6 Å². The molecule has 7 heteroatoms. The fourth-order valence-corrected chi connectivity index (χ4v) is 3.48. The largest absolute Gasteiger partial charge is 0.336 e. The Bertz CT molecular complexity index is 948. The molecule has 1 saturated heterocycles. The van der Waals surface area contributed by atoms with Gasteiger partial charge in [0.1, 0.15) is 6.54 Å². The van der Waals surface area contributed by atoms with E-state index in [1.54, 1.807) is 6.20 Å². The van der Waals surface area contributed by atoms with Crippen molar-refractivity contribution in [1.29, 1.82) is 0 Å². The lowest BCUT2D eigenvalue weighted by atomic mass is 10.2. The lowest BCUT2D eigenvalue weighted by Gasteiger charge is -2.25. The summed E-state index contributed by atoms with van der Waals surface area (Å²) in [5, 5.41) is 4.23. The van der Waals surface area contributed by atoms with Crippen LogP contribution in [0.25, 0.3) is 11.0 Å². The summed E-state index contributed by atoms with van der Waals surface area (Å²) >= 11 is 0. The van der Waals surface area contributed by atoms with Gasteiger partial charge < -0.3 is 4.90 Å². The summed E-state index contributed by atoms with van der Waals surface area (Å²) in [4.78, 5) is 31.1. The molecular weight excluding hydrogens is 318 g/mol. The second kappa shape index (κ2) is 6.51. The molecule has 1 atom stereocenters. The SMILES string of the molecule is O=C(Cn1c(=O)cnc2ccccc21)N1CCCC1Cn1cccn1. The third kappa shape index (κ3) is 3.05. The Kier molecular flexibility index (Phi) is 4.05. The summed E-state index contributed by atoms with van der Waals surface area (Å²) in [6, 6.07) is 9.38. The Morgan fingerprint density at radius 3 is 2.96 bits per heavy atom. The molecule has 25 heavy (non-hydrogen) atoms. The minimum absolute atomic E-state index is 0.0342. The molecule has 3 aromatic rings. The summed E-state index contributed by atoms with van der Waals surface area (Å²) in [6.07, 6.45) is 6.85. The fraction of sp³-hybridized carbons (Fsp3) is 0.333. The van der Waals surface area contributed by atoms with Crippen molar-refractivity contribution in [2.75, 3.05) is 6.54 Å². The van der Waals surface area contributed by atoms with E-state index in [0.717, 1.165) is 19.4 Å². The fourth-order valence-electron chi connectivity index (χ4n) is 3.48. The van der Waals surface area contributed by atoms with Crippen LogP contribution in [0, 0.1) is 0 Å². The number of hydrogen-bond acceptors (Lipinski definition) is 4. The van der Waals surface area contributed by atoms with Gasteiger partial charge in [0.25, 0.3) is 5.56 Å². The van der Waals surface area contributed by atoms with Gasteiger partial charge in [0, 0.05) is 18.9 Å². The van der Waals surface area contributed by atoms with E-state index >= 15 is 0 Å². The van der Waals surface area contributed by atoms with Crippen molar-refractivity contribution in [2.45, 2.75) is 32.0 Å². The summed E-state index contributed by atoms with van der Waals surface area (Å²) in [6.45, 7) is 1.45. The Morgan fingerprint density at radius 1 is 1.24 bits per heavy atom. The molecule has 0 spiro atoms. The Balaban J connectivity index is 1.57. The Labute approximate surface area is 144 Å². The average molecular weight is 337 g/mol. The lowest BCUT2D eigenvalue weighted by Crippen LogP contribution is -2.41. The zero-order valence-electron chi connectivity index (χ0n) is 13.8. The maximum absolute atomic E-state index is 12.9. The van der Waals surface area contributed by atoms with Crippen LogP contribution in [0.2, 0.25) is 0 Å². The molecule has 1 amide bonds. The zero-order chi connectivity index (χ0) is 17.2. The van der Waals surface area contributed by atoms with Crippen LogP contribution in [0.5, 0.6) is 0 Å². The normalized spacial score (nSPS) is 17.3. The topological polar surface area (TPSA) is 73.0 Å². The maximum Gasteiger partial charge on any atom is 0.269 e. The first-order chi connectivity index (χ1) is 12.2. The van der Waals surface area contributed by atoms with E-state index in [4.69, 9.17) is 0 Å². The highest BCUT2D eigenvalue weighted by atomic mass is 16.2. The van der Waals surface area contributed by atoms with Crippen molar-refractivity contribution in [1.82, 2.24) is 24.2 Å². The average Bonchev–Trinajstić information content (AvgIpc) is 3.30. The number of benzene rings is 1. The van der Waals surface area contributed by atoms with E-state index in [1.807, 2.05) is 46.1 Å². The molecule has 1 aromatic carbocycles. The number of amides is 1. The molecule has 1 unspecified atom stereocenters. The third-order valence-corrected chi connectivity index (χ3v) is 4.70. The van der Waals surface area contributed by atoms with Gasteiger partial charge in [-0.1, -0.05) is 12.1 Å². The predicted molar refractivity (Wildman–Crippen MR) is 93.0 cm³/mol. The second-order valence-electron chi connectivity index (χ2n) is 6.28. The molecule has 0 aliphatic carbocycles. The van der Waals surface area contributed by atoms with Gasteiger partial charge in [-0.2, -0.15) is 5.10 Å². The summed E-state index contributed by atoms with van der Waals surface area (Å²) in [7, 11) is 0. The van der Waals surface area contributed by atoms with Crippen LogP contribution in [0.1, 0.15) is 12.8 Å². The molecule has 3 heterocycles. The van der Waals surface area contributed by atoms with Gasteiger partial charge in [-0.25, -0.2) is 4.98 Å². The maximum atomic E-state index is 12.9. The van der Waals surface area contributed by atoms with Crippen molar-refractivity contribution < 1.29 is 4.79 Å². The third-order valence-electron chi connectivity index (χ3n) is 4.70. The molecule has 4 rings (SSSR count). The predicted octanol–water partition coefficient (Wildman–Crippen LogP) is 1.28. The first-order valence-corrected chi connectivity index (χ1v) is 8.44. The van der Waals surface area contributed by atoms with Gasteiger partial charge >= 0.3 is 0 Å². The van der Waals surface area contributed by atoms with Crippen LogP contribution in [-0.4, -0.2) is 42.7 Å². The van der Waals surface area contributed by atoms with Crippen LogP contribution in [0.4, 0.5) is 0 Å². The minimum Gasteiger partial charge on any atom is -0.336 e. The standard InChI is InChI=1S/C18H19N5O2/c24-17-11-19-15-6-1-2-7-16(15)23(17)13-18(25)22-10-3-5-14(22)12-21-9-4-8-20-21/h1-2,4,6-9,11,14H,3,5,10,12-13H2. The molecule has 0 radical (unpaired) electrons. The van der Waals surface area contributed by atoms with Crippen LogP contribution in [-0.2, 0) is 17.9 Å². The number of carbonyl (C=O) groups is 1. The molecule has 1 fully saturated rings. The highest BCUT2D eigenvalue weighted by molar-refractivity contribution is 5.80. The molecule has 0 saturated carbocycles. The zero-order valence-corrected chi connectivity index (χ0v) is 13.8. The minimum atomic E-state index is -0.255. The van der Waals surface area contributed by atoms with Gasteiger partial charge in [0.05, 0.1) is 29.8 Å². The number of rotatable bonds is 4. The smallest absolute Gasteiger partial charge is 0.269 e. The molecule has 7 nitrogen and oxygen atoms in total. The molecule has 1 aliphatic heterocycles. The summed E-state index contributed by atoms with van der Waals surface area (Å²) < 4.78 is 3.36. The molecular formula is C18H19N5O2. The number of para-hydroxylation sites is 2. The van der Waals surface area contributed by atoms with Crippen molar-refractivity contribution in [3.8, 4) is 0 Å². The van der Waals surface area contributed by atoms with E-state index in [9.17, 15) is 9.59 Å². The number of aromatic nitrogens is 4. The van der Waals surface area contributed by atoms with Crippen molar-refractivity contribution in [3.05, 3.63) is 59.3 Å². The first kappa shape index (κ1) is 15.6. The van der Waals surface area contributed by atoms with E-state index in [-0.39, 0.29) is 24.1 Å². The Morgan fingerprint density at radius 2 is 2.12 bits per heavy atom. The highest BCUT2D eigenvalue weighted by Gasteiger charge is 2.29. The van der Waals surface area contributed by atoms with Gasteiger partial charge in [-0.05, 0) is 31.0 Å². The summed E-state index contributed by atoms with van der Waals surface area (Å²) in [5.41, 5.74) is 1.14. The van der Waals surface area contributed by atoms with E-state index < -0.39 is 0 Å². The van der Waals surface area contributed by atoms with Gasteiger partial charge in [-0.3, -0.25) is 18.8 Å². The molecule has 128 valence electrons. The number of fused-ring (bicyclic) bond motifs is 1. The van der Waals surface area contributed by atoms with Gasteiger partial charge in [-0.15, -0.1) is 0 Å². The quantitative estimate of drug-likeness (QED) is 0.719. The number of hydrogen-bond donors (Lipinski definition) is 0. The van der Waals surface area contributed by atoms with Crippen LogP contribution in [0.3, 0.4) is 0 Å². The van der Waals surface area contributed by atoms with Crippen LogP contribution >= 0.6 is 0 Å². The van der Waals surface area contributed by atoms with E-state index in [2.05, 4.69) is 10.1 Å². The van der Waals surface area contributed by atoms with Crippen molar-refractivity contribution >= 4 is 16.9 Å². The van der Waals surface area contributed by atoms with Crippen LogP contribution in [0.15, 0.2) is 53.7 Å². The molecule has 0 bridgehead atoms. The Hall–Kier alpha value is -2.96. The van der Waals surface area contributed by atoms with Gasteiger partial charge in [0.2, 0.25) is 5.91 Å². The second-order valence-corrected chi connectivity index (χ2v) is 6.28. The monoisotopic (exact) mass is 337 g/mol.